The Morgan fingerprint density at radius 1 is 1.21 bits per heavy atom. The lowest BCUT2D eigenvalue weighted by Gasteiger charge is -2.35. The summed E-state index contributed by atoms with van der Waals surface area (Å²) in [6.07, 6.45) is 5.29. The van der Waals surface area contributed by atoms with Crippen molar-refractivity contribution in [3.8, 4) is 11.5 Å². The molecular weight excluding hydrogens is 374 g/mol. The van der Waals surface area contributed by atoms with Crippen LogP contribution in [0, 0.1) is 5.92 Å². The van der Waals surface area contributed by atoms with Gasteiger partial charge in [0, 0.05) is 12.3 Å². The van der Waals surface area contributed by atoms with Gasteiger partial charge in [-0.15, -0.1) is 0 Å². The molecule has 1 saturated heterocycles. The van der Waals surface area contributed by atoms with E-state index in [1.165, 1.54) is 11.1 Å². The number of benzene rings is 1. The molecule has 9 heteroatoms. The van der Waals surface area contributed by atoms with Crippen molar-refractivity contribution in [1.29, 1.82) is 0 Å². The zero-order chi connectivity index (χ0) is 20.2. The Morgan fingerprint density at radius 3 is 2.72 bits per heavy atom. The molecule has 2 fully saturated rings. The maximum absolute atomic E-state index is 12.8. The lowest BCUT2D eigenvalue weighted by molar-refractivity contribution is -0.130. The number of rotatable bonds is 6. The Morgan fingerprint density at radius 2 is 1.97 bits per heavy atom. The highest BCUT2D eigenvalue weighted by atomic mass is 16.5. The summed E-state index contributed by atoms with van der Waals surface area (Å²) >= 11 is 0. The van der Waals surface area contributed by atoms with E-state index in [2.05, 4.69) is 20.3 Å². The number of methoxy groups -OCH3 is 1. The number of imide groups is 1. The highest BCUT2D eigenvalue weighted by Gasteiger charge is 2.43. The maximum atomic E-state index is 12.8. The predicted octanol–water partition coefficient (Wildman–Crippen LogP) is 2.02. The zero-order valence-corrected chi connectivity index (χ0v) is 16.2. The number of amides is 3. The molecule has 0 radical (unpaired) electrons. The molecule has 1 N–H and O–H groups in total. The summed E-state index contributed by atoms with van der Waals surface area (Å²) in [6, 6.07) is 6.91. The third-order valence-corrected chi connectivity index (χ3v) is 5.17. The van der Waals surface area contributed by atoms with Crippen molar-refractivity contribution in [2.45, 2.75) is 31.7 Å². The SMILES string of the molecule is COc1ccccc1OCCN=C1N=CC2C(=O)N(C3CCCC3)C(=O)NC2=N1. The molecule has 3 amide bonds. The first kappa shape index (κ1) is 19.1. The Labute approximate surface area is 168 Å². The minimum Gasteiger partial charge on any atom is -0.493 e. The highest BCUT2D eigenvalue weighted by molar-refractivity contribution is 6.29. The van der Waals surface area contributed by atoms with Crippen LogP contribution < -0.4 is 14.8 Å². The van der Waals surface area contributed by atoms with Crippen LogP contribution >= 0.6 is 0 Å². The number of aliphatic imine (C=N–C) groups is 3. The highest BCUT2D eigenvalue weighted by Crippen LogP contribution is 2.27. The second-order valence-corrected chi connectivity index (χ2v) is 7.01. The van der Waals surface area contributed by atoms with Gasteiger partial charge < -0.3 is 9.47 Å². The summed E-state index contributed by atoms with van der Waals surface area (Å²) in [6.45, 7) is 0.636. The monoisotopic (exact) mass is 397 g/mol. The first-order chi connectivity index (χ1) is 14.2. The molecule has 152 valence electrons. The molecule has 1 aromatic carbocycles. The van der Waals surface area contributed by atoms with Crippen LogP contribution in [0.15, 0.2) is 39.2 Å². The van der Waals surface area contributed by atoms with Gasteiger partial charge >= 0.3 is 6.03 Å². The van der Waals surface area contributed by atoms with Gasteiger partial charge in [-0.05, 0) is 25.0 Å². The minimum atomic E-state index is -0.655. The van der Waals surface area contributed by atoms with Crippen LogP contribution in [-0.4, -0.2) is 61.2 Å². The van der Waals surface area contributed by atoms with E-state index in [-0.39, 0.29) is 23.7 Å². The third kappa shape index (κ3) is 3.98. The molecule has 2 aliphatic heterocycles. The van der Waals surface area contributed by atoms with E-state index in [1.807, 2.05) is 24.3 Å². The number of fused-ring (bicyclic) bond motifs is 1. The standard InChI is InChI=1S/C20H23N5O4/c1-28-15-8-4-5-9-16(15)29-11-10-21-19-22-12-14-17(23-19)24-20(27)25(18(14)26)13-6-2-3-7-13/h4-5,8-9,12-14H,2-3,6-7,10-11H2,1H3,(H,21,23,24,27). The predicted molar refractivity (Wildman–Crippen MR) is 108 cm³/mol. The number of hydrogen-bond acceptors (Lipinski definition) is 5. The van der Waals surface area contributed by atoms with Crippen molar-refractivity contribution in [2.75, 3.05) is 20.3 Å². The third-order valence-electron chi connectivity index (χ3n) is 5.17. The molecule has 1 unspecified atom stereocenters. The number of ether oxygens (including phenoxy) is 2. The van der Waals surface area contributed by atoms with Gasteiger partial charge in [-0.2, -0.15) is 4.99 Å². The van der Waals surface area contributed by atoms with Crippen LogP contribution in [-0.2, 0) is 4.79 Å². The second kappa shape index (κ2) is 8.42. The van der Waals surface area contributed by atoms with Gasteiger partial charge in [0.15, 0.2) is 11.5 Å². The Hall–Kier alpha value is -3.23. The summed E-state index contributed by atoms with van der Waals surface area (Å²) in [5, 5.41) is 2.73. The fourth-order valence-corrected chi connectivity index (χ4v) is 3.75. The number of carbonyl (C=O) groups is 2. The topological polar surface area (TPSA) is 105 Å². The molecule has 4 rings (SSSR count). The molecule has 2 heterocycles. The Balaban J connectivity index is 1.37. The van der Waals surface area contributed by atoms with E-state index >= 15 is 0 Å². The summed E-state index contributed by atoms with van der Waals surface area (Å²) in [5.74, 6) is 0.856. The van der Waals surface area contributed by atoms with E-state index in [9.17, 15) is 9.59 Å². The van der Waals surface area contributed by atoms with Gasteiger partial charge in [-0.1, -0.05) is 25.0 Å². The first-order valence-corrected chi connectivity index (χ1v) is 9.74. The van der Waals surface area contributed by atoms with Gasteiger partial charge in [0.05, 0.1) is 13.7 Å². The fourth-order valence-electron chi connectivity index (χ4n) is 3.75. The lowest BCUT2D eigenvalue weighted by atomic mass is 10.0. The quantitative estimate of drug-likeness (QED) is 0.742. The number of hydrogen-bond donors (Lipinski definition) is 1. The van der Waals surface area contributed by atoms with Gasteiger partial charge in [-0.25, -0.2) is 14.8 Å². The maximum Gasteiger partial charge on any atom is 0.329 e. The van der Waals surface area contributed by atoms with Gasteiger partial charge in [-0.3, -0.25) is 15.0 Å². The van der Waals surface area contributed by atoms with Crippen molar-refractivity contribution in [3.05, 3.63) is 24.3 Å². The van der Waals surface area contributed by atoms with Gasteiger partial charge in [0.1, 0.15) is 18.4 Å². The summed E-state index contributed by atoms with van der Waals surface area (Å²) in [7, 11) is 1.58. The van der Waals surface area contributed by atoms with Gasteiger partial charge in [0.25, 0.3) is 0 Å². The van der Waals surface area contributed by atoms with E-state index in [4.69, 9.17) is 9.47 Å². The Bertz CT molecular complexity index is 889. The molecule has 1 aliphatic carbocycles. The zero-order valence-electron chi connectivity index (χ0n) is 16.2. The second-order valence-electron chi connectivity index (χ2n) is 7.01. The molecule has 0 spiro atoms. The molecule has 0 aromatic heterocycles. The minimum absolute atomic E-state index is 0.0281. The largest absolute Gasteiger partial charge is 0.493 e. The molecule has 9 nitrogen and oxygen atoms in total. The first-order valence-electron chi connectivity index (χ1n) is 9.74. The van der Waals surface area contributed by atoms with E-state index in [0.29, 0.717) is 24.7 Å². The fraction of sp³-hybridized carbons (Fsp3) is 0.450. The Kier molecular flexibility index (Phi) is 5.55. The van der Waals surface area contributed by atoms with E-state index in [1.54, 1.807) is 7.11 Å². The van der Waals surface area contributed by atoms with Crippen molar-refractivity contribution >= 4 is 29.9 Å². The number of guanidine groups is 1. The number of nitrogens with one attached hydrogen (secondary N) is 1. The summed E-state index contributed by atoms with van der Waals surface area (Å²) < 4.78 is 10.9. The summed E-state index contributed by atoms with van der Waals surface area (Å²) in [5.41, 5.74) is 0. The van der Waals surface area contributed by atoms with Crippen LogP contribution in [0.4, 0.5) is 4.79 Å². The normalized spacial score (nSPS) is 23.1. The molecule has 0 bridgehead atoms. The molecule has 1 atom stereocenters. The average molecular weight is 397 g/mol. The van der Waals surface area contributed by atoms with Crippen LogP contribution in [0.1, 0.15) is 25.7 Å². The number of nitrogens with zero attached hydrogens (tertiary/aromatic N) is 4. The van der Waals surface area contributed by atoms with Gasteiger partial charge in [0.2, 0.25) is 11.9 Å². The molecule has 1 saturated carbocycles. The van der Waals surface area contributed by atoms with E-state index in [0.717, 1.165) is 25.7 Å². The lowest BCUT2D eigenvalue weighted by Crippen LogP contribution is -2.61. The number of urea groups is 1. The van der Waals surface area contributed by atoms with Crippen LogP contribution in [0.3, 0.4) is 0 Å². The summed E-state index contributed by atoms with van der Waals surface area (Å²) in [4.78, 5) is 39.3. The molecule has 29 heavy (non-hydrogen) atoms. The van der Waals surface area contributed by atoms with Crippen LogP contribution in [0.2, 0.25) is 0 Å². The number of carbonyl (C=O) groups excluding carboxylic acids is 2. The average Bonchev–Trinajstić information content (AvgIpc) is 3.25. The van der Waals surface area contributed by atoms with Crippen molar-refractivity contribution < 1.29 is 19.1 Å². The van der Waals surface area contributed by atoms with Crippen LogP contribution in [0.5, 0.6) is 11.5 Å². The molecule has 1 aromatic rings. The van der Waals surface area contributed by atoms with Crippen molar-refractivity contribution in [2.24, 2.45) is 20.9 Å². The molecular formula is C20H23N5O4. The van der Waals surface area contributed by atoms with Crippen molar-refractivity contribution in [1.82, 2.24) is 10.2 Å². The van der Waals surface area contributed by atoms with E-state index < -0.39 is 11.9 Å². The number of para-hydroxylation sites is 2. The molecule has 3 aliphatic rings. The number of amidine groups is 1. The smallest absolute Gasteiger partial charge is 0.329 e. The van der Waals surface area contributed by atoms with Crippen LogP contribution in [0.25, 0.3) is 0 Å². The van der Waals surface area contributed by atoms with Crippen molar-refractivity contribution in [3.63, 3.8) is 0 Å².